The summed E-state index contributed by atoms with van der Waals surface area (Å²) in [6.07, 6.45) is 2.82. The quantitative estimate of drug-likeness (QED) is 0.605. The first-order valence-corrected chi connectivity index (χ1v) is 6.36. The molecular weight excluding hydrogens is 224 g/mol. The summed E-state index contributed by atoms with van der Waals surface area (Å²) in [5.41, 5.74) is 0. The van der Waals surface area contributed by atoms with Gasteiger partial charge in [-0.05, 0) is 19.3 Å². The van der Waals surface area contributed by atoms with Crippen LogP contribution in [0.4, 0.5) is 0 Å². The van der Waals surface area contributed by atoms with Gasteiger partial charge in [-0.3, -0.25) is 0 Å². The van der Waals surface area contributed by atoms with E-state index in [4.69, 9.17) is 24.4 Å². The summed E-state index contributed by atoms with van der Waals surface area (Å²) < 4.78 is 15.1. The highest BCUT2D eigenvalue weighted by Gasteiger charge is 2.26. The van der Waals surface area contributed by atoms with Gasteiger partial charge in [0.1, 0.15) is 12.2 Å². The molecule has 2 rings (SSSR count). The molecule has 0 amide bonds. The zero-order valence-electron chi connectivity index (χ0n) is 10.5. The molecule has 2 N–H and O–H groups in total. The van der Waals surface area contributed by atoms with E-state index >= 15 is 0 Å². The summed E-state index contributed by atoms with van der Waals surface area (Å²) >= 11 is 0. The third-order valence-corrected chi connectivity index (χ3v) is 2.58. The van der Waals surface area contributed by atoms with Gasteiger partial charge in [0.25, 0.3) is 0 Å². The first-order chi connectivity index (χ1) is 8.26. The Morgan fingerprint density at radius 2 is 1.76 bits per heavy atom. The Balaban J connectivity index is 0.000000172. The van der Waals surface area contributed by atoms with Gasteiger partial charge in [0.05, 0.1) is 32.5 Å². The molecule has 2 heterocycles. The second-order valence-corrected chi connectivity index (χ2v) is 4.38. The molecule has 0 radical (unpaired) electrons. The second kappa shape index (κ2) is 8.83. The number of hydrogen-bond acceptors (Lipinski definition) is 5. The van der Waals surface area contributed by atoms with Gasteiger partial charge in [0.2, 0.25) is 0 Å². The average Bonchev–Trinajstić information content (AvgIpc) is 3.20. The lowest BCUT2D eigenvalue weighted by Gasteiger charge is -2.03. The molecule has 0 spiro atoms. The van der Waals surface area contributed by atoms with Crippen molar-refractivity contribution < 1.29 is 24.4 Å². The Morgan fingerprint density at radius 3 is 2.12 bits per heavy atom. The molecule has 2 aliphatic heterocycles. The van der Waals surface area contributed by atoms with Crippen molar-refractivity contribution in [1.82, 2.24) is 0 Å². The van der Waals surface area contributed by atoms with Gasteiger partial charge >= 0.3 is 0 Å². The molecule has 0 aromatic rings. The van der Waals surface area contributed by atoms with Gasteiger partial charge in [0, 0.05) is 6.61 Å². The summed E-state index contributed by atoms with van der Waals surface area (Å²) in [6.45, 7) is 5.38. The highest BCUT2D eigenvalue weighted by Crippen LogP contribution is 2.12. The number of rotatable bonds is 8. The maximum Gasteiger partial charge on any atom is 0.104 e. The molecule has 17 heavy (non-hydrogen) atoms. The molecule has 102 valence electrons. The third kappa shape index (κ3) is 9.50. The normalized spacial score (nSPS) is 27.0. The van der Waals surface area contributed by atoms with Crippen molar-refractivity contribution in [3.05, 3.63) is 0 Å². The molecule has 0 saturated carbocycles. The smallest absolute Gasteiger partial charge is 0.104 e. The molecule has 3 unspecified atom stereocenters. The lowest BCUT2D eigenvalue weighted by Crippen LogP contribution is -2.06. The lowest BCUT2D eigenvalue weighted by molar-refractivity contribution is 0.102. The molecule has 2 fully saturated rings. The van der Waals surface area contributed by atoms with Crippen molar-refractivity contribution in [2.75, 3.05) is 33.0 Å². The Morgan fingerprint density at radius 1 is 1.24 bits per heavy atom. The number of aliphatic hydroxyl groups is 2. The average molecular weight is 248 g/mol. The highest BCUT2D eigenvalue weighted by atomic mass is 16.6. The molecule has 0 aromatic heterocycles. The van der Waals surface area contributed by atoms with Gasteiger partial charge in [-0.25, -0.2) is 0 Å². The fourth-order valence-electron chi connectivity index (χ4n) is 1.19. The van der Waals surface area contributed by atoms with Crippen molar-refractivity contribution in [2.45, 2.75) is 44.5 Å². The van der Waals surface area contributed by atoms with Crippen LogP contribution in [0.1, 0.15) is 26.2 Å². The van der Waals surface area contributed by atoms with Gasteiger partial charge in [-0.15, -0.1) is 0 Å². The zero-order valence-corrected chi connectivity index (χ0v) is 10.5. The van der Waals surface area contributed by atoms with Crippen LogP contribution < -0.4 is 0 Å². The molecule has 5 heteroatoms. The van der Waals surface area contributed by atoms with E-state index in [0.717, 1.165) is 45.7 Å². The van der Waals surface area contributed by atoms with Crippen LogP contribution in [0.5, 0.6) is 0 Å². The summed E-state index contributed by atoms with van der Waals surface area (Å²) in [7, 11) is 0. The maximum atomic E-state index is 8.88. The predicted octanol–water partition coefficient (Wildman–Crippen LogP) is 0.330. The summed E-state index contributed by atoms with van der Waals surface area (Å²) in [5.74, 6) is 0. The van der Waals surface area contributed by atoms with Crippen LogP contribution >= 0.6 is 0 Å². The molecule has 2 aliphatic rings. The molecule has 2 saturated heterocycles. The van der Waals surface area contributed by atoms with Crippen LogP contribution in [-0.4, -0.2) is 61.6 Å². The molecular formula is C12H24O5. The van der Waals surface area contributed by atoms with Gasteiger partial charge in [0.15, 0.2) is 0 Å². The van der Waals surface area contributed by atoms with Gasteiger partial charge < -0.3 is 24.4 Å². The van der Waals surface area contributed by atoms with Crippen LogP contribution in [0.3, 0.4) is 0 Å². The van der Waals surface area contributed by atoms with Crippen molar-refractivity contribution in [3.63, 3.8) is 0 Å². The Labute approximate surface area is 103 Å². The SMILES string of the molecule is C(OCC1CO1)C1CO1.CCC(O)CCCO. The Hall–Kier alpha value is -0.200. The van der Waals surface area contributed by atoms with Crippen LogP contribution in [0.15, 0.2) is 0 Å². The molecule has 5 nitrogen and oxygen atoms in total. The van der Waals surface area contributed by atoms with E-state index in [1.165, 1.54) is 0 Å². The fourth-order valence-corrected chi connectivity index (χ4v) is 1.19. The third-order valence-electron chi connectivity index (χ3n) is 2.58. The van der Waals surface area contributed by atoms with E-state index in [1.807, 2.05) is 6.92 Å². The van der Waals surface area contributed by atoms with Crippen molar-refractivity contribution >= 4 is 0 Å². The van der Waals surface area contributed by atoms with Crippen molar-refractivity contribution in [1.29, 1.82) is 0 Å². The minimum absolute atomic E-state index is 0.192. The van der Waals surface area contributed by atoms with Crippen LogP contribution in [0.2, 0.25) is 0 Å². The molecule has 3 atom stereocenters. The van der Waals surface area contributed by atoms with Crippen LogP contribution in [-0.2, 0) is 14.2 Å². The van der Waals surface area contributed by atoms with E-state index in [1.54, 1.807) is 0 Å². The highest BCUT2D eigenvalue weighted by molar-refractivity contribution is 4.71. The van der Waals surface area contributed by atoms with Crippen LogP contribution in [0, 0.1) is 0 Å². The number of epoxide rings is 2. The minimum atomic E-state index is -0.206. The molecule has 0 aliphatic carbocycles. The summed E-state index contributed by atoms with van der Waals surface area (Å²) in [5, 5.41) is 17.2. The van der Waals surface area contributed by atoms with Crippen molar-refractivity contribution in [3.8, 4) is 0 Å². The van der Waals surface area contributed by atoms with E-state index in [2.05, 4.69) is 0 Å². The lowest BCUT2D eigenvalue weighted by atomic mass is 10.2. The van der Waals surface area contributed by atoms with E-state index in [-0.39, 0.29) is 12.7 Å². The van der Waals surface area contributed by atoms with E-state index in [9.17, 15) is 0 Å². The standard InChI is InChI=1S/C6H10O3.C6H14O2/c1(5-3-8-5)7-2-6-4-9-6;1-2-6(8)4-3-5-7/h5-6H,1-4H2;6-8H,2-5H2,1H3. The largest absolute Gasteiger partial charge is 0.396 e. The number of ether oxygens (including phenoxy) is 3. The van der Waals surface area contributed by atoms with Crippen LogP contribution in [0.25, 0.3) is 0 Å². The van der Waals surface area contributed by atoms with Gasteiger partial charge in [-0.2, -0.15) is 0 Å². The Kier molecular flexibility index (Phi) is 7.72. The topological polar surface area (TPSA) is 74.8 Å². The first-order valence-electron chi connectivity index (χ1n) is 6.36. The number of aliphatic hydroxyl groups excluding tert-OH is 2. The first kappa shape index (κ1) is 14.9. The summed E-state index contributed by atoms with van der Waals surface area (Å²) in [6, 6.07) is 0. The van der Waals surface area contributed by atoms with Crippen molar-refractivity contribution in [2.24, 2.45) is 0 Å². The van der Waals surface area contributed by atoms with E-state index in [0.29, 0.717) is 12.2 Å². The second-order valence-electron chi connectivity index (χ2n) is 4.38. The fraction of sp³-hybridized carbons (Fsp3) is 1.00. The Bertz CT molecular complexity index is 168. The monoisotopic (exact) mass is 248 g/mol. The van der Waals surface area contributed by atoms with Gasteiger partial charge in [-0.1, -0.05) is 6.92 Å². The number of hydrogen-bond donors (Lipinski definition) is 2. The van der Waals surface area contributed by atoms with E-state index < -0.39 is 0 Å². The predicted molar refractivity (Wildman–Crippen MR) is 62.9 cm³/mol. The zero-order chi connectivity index (χ0) is 12.5. The minimum Gasteiger partial charge on any atom is -0.396 e. The molecule has 0 bridgehead atoms. The summed E-state index contributed by atoms with van der Waals surface area (Å²) in [4.78, 5) is 0. The molecule has 0 aromatic carbocycles. The maximum absolute atomic E-state index is 8.88.